The number of carbonyl (C=O) groups is 1. The molecule has 0 unspecified atom stereocenters. The van der Waals surface area contributed by atoms with Crippen LogP contribution in [0.4, 0.5) is 5.69 Å². The van der Waals surface area contributed by atoms with E-state index in [0.29, 0.717) is 13.0 Å². The summed E-state index contributed by atoms with van der Waals surface area (Å²) in [6, 6.07) is 23.1. The molecule has 2 aromatic carbocycles. The monoisotopic (exact) mass is 402 g/mol. The topological polar surface area (TPSA) is 41.6 Å². The second-order valence-electron chi connectivity index (χ2n) is 7.99. The van der Waals surface area contributed by atoms with Crippen molar-refractivity contribution in [3.8, 4) is 5.75 Å². The fourth-order valence-electron chi connectivity index (χ4n) is 4.07. The number of carbonyl (C=O) groups excluding carboxylic acids is 1. The Hall–Kier alpha value is -2.85. The third-order valence-corrected chi connectivity index (χ3v) is 5.77. The molecule has 1 amide bonds. The third-order valence-electron chi connectivity index (χ3n) is 5.77. The van der Waals surface area contributed by atoms with Gasteiger partial charge < -0.3 is 10.1 Å². The maximum absolute atomic E-state index is 11.6. The fourth-order valence-corrected chi connectivity index (χ4v) is 4.07. The average Bonchev–Trinajstić information content (AvgIpc) is 2.76. The number of ether oxygens (including phenoxy) is 1. The normalized spacial score (nSPS) is 15.4. The molecule has 4 nitrogen and oxygen atoms in total. The number of hydrogen-bond donors (Lipinski definition) is 1. The third kappa shape index (κ3) is 5.61. The SMILES string of the molecule is O=C1CCc2ccc(OCCCCN3CCc4ccccccccc4C3)cc2N1. The zero-order valence-corrected chi connectivity index (χ0v) is 17.5. The second-order valence-corrected chi connectivity index (χ2v) is 7.99. The van der Waals surface area contributed by atoms with Gasteiger partial charge in [-0.2, -0.15) is 0 Å². The maximum Gasteiger partial charge on any atom is 0.224 e. The Morgan fingerprint density at radius 3 is 2.50 bits per heavy atom. The van der Waals surface area contributed by atoms with Gasteiger partial charge in [-0.3, -0.25) is 9.69 Å². The van der Waals surface area contributed by atoms with Crippen molar-refractivity contribution in [2.24, 2.45) is 0 Å². The molecule has 2 aliphatic rings. The maximum atomic E-state index is 11.6. The largest absolute Gasteiger partial charge is 0.494 e. The number of nitrogens with zero attached hydrogens (tertiary/aromatic N) is 1. The number of unbranched alkanes of at least 4 members (excludes halogenated alkanes) is 1. The number of rotatable bonds is 6. The molecule has 0 saturated heterocycles. The molecule has 0 fully saturated rings. The minimum Gasteiger partial charge on any atom is -0.494 e. The molecular weight excluding hydrogens is 372 g/mol. The molecule has 4 rings (SSSR count). The van der Waals surface area contributed by atoms with Crippen LogP contribution in [0.25, 0.3) is 0 Å². The Balaban J connectivity index is 1.23. The number of amides is 1. The van der Waals surface area contributed by atoms with Gasteiger partial charge in [0.2, 0.25) is 5.91 Å². The van der Waals surface area contributed by atoms with Gasteiger partial charge >= 0.3 is 0 Å². The first-order valence-electron chi connectivity index (χ1n) is 11.0. The molecule has 2 heterocycles. The number of anilines is 1. The van der Waals surface area contributed by atoms with Crippen LogP contribution in [0.15, 0.2) is 66.7 Å². The molecule has 4 heteroatoms. The van der Waals surface area contributed by atoms with E-state index in [1.54, 1.807) is 0 Å². The van der Waals surface area contributed by atoms with E-state index < -0.39 is 0 Å². The van der Waals surface area contributed by atoms with Crippen molar-refractivity contribution < 1.29 is 9.53 Å². The van der Waals surface area contributed by atoms with E-state index in [1.807, 2.05) is 12.1 Å². The van der Waals surface area contributed by atoms with Gasteiger partial charge in [0.15, 0.2) is 0 Å². The Kier molecular flexibility index (Phi) is 6.99. The van der Waals surface area contributed by atoms with Crippen molar-refractivity contribution in [2.45, 2.75) is 38.6 Å². The van der Waals surface area contributed by atoms with Gasteiger partial charge in [0, 0.05) is 31.3 Å². The minimum absolute atomic E-state index is 0.0905. The second kappa shape index (κ2) is 10.3. The Morgan fingerprint density at radius 2 is 1.63 bits per heavy atom. The average molecular weight is 403 g/mol. The van der Waals surface area contributed by atoms with Gasteiger partial charge in [0.25, 0.3) is 0 Å². The van der Waals surface area contributed by atoms with Crippen LogP contribution in [0.2, 0.25) is 0 Å². The van der Waals surface area contributed by atoms with Gasteiger partial charge in [-0.25, -0.2) is 0 Å². The Bertz CT molecular complexity index is 940. The number of nitrogens with one attached hydrogen (secondary N) is 1. The van der Waals surface area contributed by atoms with E-state index in [9.17, 15) is 4.79 Å². The molecule has 0 aliphatic carbocycles. The van der Waals surface area contributed by atoms with Crippen LogP contribution in [0.3, 0.4) is 0 Å². The lowest BCUT2D eigenvalue weighted by Gasteiger charge is -2.28. The van der Waals surface area contributed by atoms with Crippen LogP contribution in [-0.4, -0.2) is 30.5 Å². The lowest BCUT2D eigenvalue weighted by molar-refractivity contribution is -0.116. The summed E-state index contributed by atoms with van der Waals surface area (Å²) in [4.78, 5) is 14.1. The molecule has 0 radical (unpaired) electrons. The standard InChI is InChI=1S/C26H30N2O2/c29-26-14-12-22-11-13-24(19-25(22)27-26)30-18-8-7-16-28-17-15-21-9-5-3-1-2-4-6-10-23(21)20-28/h1-6,9-11,13,19H,7-8,12,14-18,20H2,(H,27,29). The summed E-state index contributed by atoms with van der Waals surface area (Å²) < 4.78 is 5.93. The Labute approximate surface area is 179 Å². The number of aryl methyl sites for hydroxylation is 1. The highest BCUT2D eigenvalue weighted by molar-refractivity contribution is 5.94. The van der Waals surface area contributed by atoms with E-state index >= 15 is 0 Å². The van der Waals surface area contributed by atoms with Gasteiger partial charge in [0.1, 0.15) is 5.75 Å². The summed E-state index contributed by atoms with van der Waals surface area (Å²) in [5, 5.41) is 2.94. The van der Waals surface area contributed by atoms with E-state index in [-0.39, 0.29) is 5.91 Å². The van der Waals surface area contributed by atoms with Gasteiger partial charge in [0.05, 0.1) is 6.61 Å². The number of hydrogen-bond acceptors (Lipinski definition) is 3. The molecule has 0 bridgehead atoms. The quantitative estimate of drug-likeness (QED) is 0.698. The molecule has 2 aliphatic heterocycles. The summed E-state index contributed by atoms with van der Waals surface area (Å²) in [5.74, 6) is 0.928. The number of fused-ring (bicyclic) bond motifs is 2. The first kappa shape index (κ1) is 20.4. The summed E-state index contributed by atoms with van der Waals surface area (Å²) in [7, 11) is 0. The molecular formula is C26H30N2O2. The summed E-state index contributed by atoms with van der Waals surface area (Å²) in [6.07, 6.45) is 4.63. The zero-order chi connectivity index (χ0) is 20.6. The predicted molar refractivity (Wildman–Crippen MR) is 121 cm³/mol. The predicted octanol–water partition coefficient (Wildman–Crippen LogP) is 4.91. The first-order chi connectivity index (χ1) is 14.8. The van der Waals surface area contributed by atoms with Crippen molar-refractivity contribution in [1.29, 1.82) is 0 Å². The van der Waals surface area contributed by atoms with Crippen molar-refractivity contribution in [2.75, 3.05) is 25.0 Å². The molecule has 0 saturated carbocycles. The van der Waals surface area contributed by atoms with Crippen molar-refractivity contribution in [3.63, 3.8) is 0 Å². The van der Waals surface area contributed by atoms with Crippen molar-refractivity contribution in [1.82, 2.24) is 4.90 Å². The highest BCUT2D eigenvalue weighted by Gasteiger charge is 2.16. The molecule has 2 aromatic rings. The van der Waals surface area contributed by atoms with E-state index in [4.69, 9.17) is 4.74 Å². The fraction of sp³-hybridized carbons (Fsp3) is 0.346. The smallest absolute Gasteiger partial charge is 0.224 e. The van der Waals surface area contributed by atoms with E-state index in [0.717, 1.165) is 56.8 Å². The number of benzene rings is 1. The lowest BCUT2D eigenvalue weighted by atomic mass is 10.0. The highest BCUT2D eigenvalue weighted by atomic mass is 16.5. The summed E-state index contributed by atoms with van der Waals surface area (Å²) in [5.41, 5.74) is 4.96. The van der Waals surface area contributed by atoms with Crippen LogP contribution in [0.1, 0.15) is 36.0 Å². The Morgan fingerprint density at radius 1 is 0.833 bits per heavy atom. The summed E-state index contributed by atoms with van der Waals surface area (Å²) in [6.45, 7) is 3.92. The van der Waals surface area contributed by atoms with Gasteiger partial charge in [-0.1, -0.05) is 54.6 Å². The van der Waals surface area contributed by atoms with E-state index in [1.165, 1.54) is 16.7 Å². The van der Waals surface area contributed by atoms with Crippen LogP contribution >= 0.6 is 0 Å². The lowest BCUT2D eigenvalue weighted by Crippen LogP contribution is -2.31. The van der Waals surface area contributed by atoms with E-state index in [2.05, 4.69) is 64.8 Å². The zero-order valence-electron chi connectivity index (χ0n) is 17.5. The molecule has 30 heavy (non-hydrogen) atoms. The summed E-state index contributed by atoms with van der Waals surface area (Å²) >= 11 is 0. The van der Waals surface area contributed by atoms with Crippen LogP contribution in [-0.2, 0) is 24.2 Å². The minimum atomic E-state index is 0.0905. The van der Waals surface area contributed by atoms with Crippen LogP contribution < -0.4 is 10.1 Å². The first-order valence-corrected chi connectivity index (χ1v) is 11.0. The van der Waals surface area contributed by atoms with Crippen LogP contribution in [0, 0.1) is 0 Å². The highest BCUT2D eigenvalue weighted by Crippen LogP contribution is 2.27. The molecule has 0 aromatic heterocycles. The van der Waals surface area contributed by atoms with Gasteiger partial charge in [-0.05, 0) is 55.0 Å². The van der Waals surface area contributed by atoms with Crippen molar-refractivity contribution in [3.05, 3.63) is 83.4 Å². The molecule has 156 valence electrons. The van der Waals surface area contributed by atoms with Gasteiger partial charge in [-0.15, -0.1) is 0 Å². The molecule has 0 atom stereocenters. The molecule has 0 spiro atoms. The van der Waals surface area contributed by atoms with Crippen LogP contribution in [0.5, 0.6) is 5.75 Å². The van der Waals surface area contributed by atoms with Crippen molar-refractivity contribution >= 4 is 11.6 Å². The molecule has 1 N–H and O–H groups in total.